The maximum atomic E-state index is 12.0. The van der Waals surface area contributed by atoms with E-state index in [1.54, 1.807) is 16.2 Å². The minimum atomic E-state index is -0.00292. The van der Waals surface area contributed by atoms with Gasteiger partial charge in [-0.15, -0.1) is 0 Å². The number of amides is 1. The lowest BCUT2D eigenvalue weighted by atomic mass is 10.2. The van der Waals surface area contributed by atoms with Crippen LogP contribution in [-0.2, 0) is 11.2 Å². The van der Waals surface area contributed by atoms with Crippen LogP contribution < -0.4 is 5.73 Å². The molecule has 17 heavy (non-hydrogen) atoms. The quantitative estimate of drug-likeness (QED) is 0.348. The van der Waals surface area contributed by atoms with Crippen molar-refractivity contribution in [2.75, 3.05) is 13.1 Å². The van der Waals surface area contributed by atoms with Crippen LogP contribution in [0, 0.1) is 0 Å². The molecule has 0 saturated carbocycles. The van der Waals surface area contributed by atoms with E-state index >= 15 is 0 Å². The summed E-state index contributed by atoms with van der Waals surface area (Å²) >= 11 is 1.57. The highest BCUT2D eigenvalue weighted by molar-refractivity contribution is 7.07. The number of rotatable bonds is 6. The summed E-state index contributed by atoms with van der Waals surface area (Å²) in [6, 6.07) is 1.93. The molecule has 1 aromatic heterocycles. The van der Waals surface area contributed by atoms with Gasteiger partial charge < -0.3 is 15.8 Å². The molecule has 1 aromatic rings. The summed E-state index contributed by atoms with van der Waals surface area (Å²) in [5.74, 6) is 0.0500. The van der Waals surface area contributed by atoms with Crippen LogP contribution in [-0.4, -0.2) is 34.9 Å². The lowest BCUT2D eigenvalue weighted by Crippen LogP contribution is -2.39. The van der Waals surface area contributed by atoms with Crippen molar-refractivity contribution < 1.29 is 10.0 Å². The molecule has 1 heterocycles. The highest BCUT2D eigenvalue weighted by atomic mass is 32.1. The largest absolute Gasteiger partial charge is 0.409 e. The molecule has 0 bridgehead atoms. The van der Waals surface area contributed by atoms with Crippen molar-refractivity contribution in [3.05, 3.63) is 22.4 Å². The van der Waals surface area contributed by atoms with Gasteiger partial charge in [0.1, 0.15) is 0 Å². The predicted octanol–water partition coefficient (Wildman–Crippen LogP) is 1.28. The Morgan fingerprint density at radius 1 is 1.65 bits per heavy atom. The number of thiophene rings is 1. The molecule has 0 aromatic carbocycles. The average Bonchev–Trinajstić information content (AvgIpc) is 2.81. The zero-order valence-corrected chi connectivity index (χ0v) is 10.6. The normalized spacial score (nSPS) is 11.5. The van der Waals surface area contributed by atoms with Crippen LogP contribution in [0.3, 0.4) is 0 Å². The molecule has 0 spiro atoms. The summed E-state index contributed by atoms with van der Waals surface area (Å²) in [5.41, 5.74) is 6.42. The minimum absolute atomic E-state index is 0.00292. The summed E-state index contributed by atoms with van der Waals surface area (Å²) < 4.78 is 0. The standard InChI is InChI=1S/C11H17N3O2S/c1-2-4-14(7-10(12)13-16)11(15)6-9-3-5-17-8-9/h3,5,8,16H,2,4,6-7H2,1H3,(H2,12,13). The van der Waals surface area contributed by atoms with Crippen molar-refractivity contribution in [2.45, 2.75) is 19.8 Å². The first-order valence-electron chi connectivity index (χ1n) is 5.42. The summed E-state index contributed by atoms with van der Waals surface area (Å²) in [7, 11) is 0. The van der Waals surface area contributed by atoms with Crippen LogP contribution in [0.15, 0.2) is 22.0 Å². The highest BCUT2D eigenvalue weighted by Gasteiger charge is 2.14. The van der Waals surface area contributed by atoms with Crippen LogP contribution in [0.4, 0.5) is 0 Å². The molecular formula is C11H17N3O2S. The molecule has 0 atom stereocenters. The molecule has 0 radical (unpaired) electrons. The molecule has 0 unspecified atom stereocenters. The zero-order valence-electron chi connectivity index (χ0n) is 9.80. The predicted molar refractivity (Wildman–Crippen MR) is 68.3 cm³/mol. The average molecular weight is 255 g/mol. The van der Waals surface area contributed by atoms with E-state index in [1.807, 2.05) is 23.8 Å². The molecule has 5 nitrogen and oxygen atoms in total. The number of nitrogens with zero attached hydrogens (tertiary/aromatic N) is 2. The first kappa shape index (κ1) is 13.5. The number of nitrogens with two attached hydrogens (primary N) is 1. The van der Waals surface area contributed by atoms with Crippen LogP contribution in [0.25, 0.3) is 0 Å². The van der Waals surface area contributed by atoms with Crippen LogP contribution in [0.1, 0.15) is 18.9 Å². The second kappa shape index (κ2) is 6.90. The molecular weight excluding hydrogens is 238 g/mol. The molecule has 1 rings (SSSR count). The van der Waals surface area contributed by atoms with E-state index in [-0.39, 0.29) is 18.3 Å². The molecule has 0 fully saturated rings. The fraction of sp³-hybridized carbons (Fsp3) is 0.455. The number of hydrogen-bond donors (Lipinski definition) is 2. The first-order valence-corrected chi connectivity index (χ1v) is 6.37. The minimum Gasteiger partial charge on any atom is -0.409 e. The van der Waals surface area contributed by atoms with E-state index in [4.69, 9.17) is 10.9 Å². The number of hydrogen-bond acceptors (Lipinski definition) is 4. The Morgan fingerprint density at radius 2 is 2.41 bits per heavy atom. The van der Waals surface area contributed by atoms with Crippen molar-refractivity contribution in [3.63, 3.8) is 0 Å². The van der Waals surface area contributed by atoms with E-state index in [9.17, 15) is 4.79 Å². The smallest absolute Gasteiger partial charge is 0.227 e. The van der Waals surface area contributed by atoms with Crippen molar-refractivity contribution in [1.82, 2.24) is 4.90 Å². The van der Waals surface area contributed by atoms with Gasteiger partial charge in [0.2, 0.25) is 5.91 Å². The topological polar surface area (TPSA) is 78.9 Å². The maximum absolute atomic E-state index is 12.0. The number of carbonyl (C=O) groups excluding carboxylic acids is 1. The third-order valence-electron chi connectivity index (χ3n) is 2.26. The van der Waals surface area contributed by atoms with Gasteiger partial charge in [-0.05, 0) is 28.8 Å². The third-order valence-corrected chi connectivity index (χ3v) is 3.00. The van der Waals surface area contributed by atoms with Crippen LogP contribution >= 0.6 is 11.3 Å². The van der Waals surface area contributed by atoms with Crippen molar-refractivity contribution in [3.8, 4) is 0 Å². The fourth-order valence-corrected chi connectivity index (χ4v) is 2.14. The Hall–Kier alpha value is -1.56. The van der Waals surface area contributed by atoms with Gasteiger partial charge in [-0.3, -0.25) is 4.79 Å². The molecule has 0 aliphatic carbocycles. The Bertz CT molecular complexity index is 376. The maximum Gasteiger partial charge on any atom is 0.227 e. The van der Waals surface area contributed by atoms with Gasteiger partial charge in [-0.25, -0.2) is 0 Å². The molecule has 1 amide bonds. The van der Waals surface area contributed by atoms with E-state index in [0.29, 0.717) is 13.0 Å². The SMILES string of the molecule is CCCN(CC(N)=NO)C(=O)Cc1ccsc1. The third kappa shape index (κ3) is 4.44. The van der Waals surface area contributed by atoms with Crippen LogP contribution in [0.2, 0.25) is 0 Å². The van der Waals surface area contributed by atoms with E-state index in [0.717, 1.165) is 12.0 Å². The monoisotopic (exact) mass is 255 g/mol. The van der Waals surface area contributed by atoms with E-state index < -0.39 is 0 Å². The summed E-state index contributed by atoms with van der Waals surface area (Å²) in [5, 5.41) is 15.3. The Morgan fingerprint density at radius 3 is 2.94 bits per heavy atom. The number of carbonyl (C=O) groups is 1. The van der Waals surface area contributed by atoms with Gasteiger partial charge in [-0.2, -0.15) is 11.3 Å². The molecule has 6 heteroatoms. The summed E-state index contributed by atoms with van der Waals surface area (Å²) in [6.07, 6.45) is 1.20. The first-order chi connectivity index (χ1) is 8.17. The van der Waals surface area contributed by atoms with Gasteiger partial charge >= 0.3 is 0 Å². The second-order valence-corrected chi connectivity index (χ2v) is 4.50. The van der Waals surface area contributed by atoms with Gasteiger partial charge in [0.05, 0.1) is 13.0 Å². The van der Waals surface area contributed by atoms with E-state index in [1.165, 1.54) is 0 Å². The van der Waals surface area contributed by atoms with Gasteiger partial charge in [0.15, 0.2) is 5.84 Å². The molecule has 0 aliphatic heterocycles. The van der Waals surface area contributed by atoms with Gasteiger partial charge in [-0.1, -0.05) is 12.1 Å². The Balaban J connectivity index is 2.60. The number of amidine groups is 1. The Kier molecular flexibility index (Phi) is 5.48. The molecule has 3 N–H and O–H groups in total. The fourth-order valence-electron chi connectivity index (χ4n) is 1.47. The second-order valence-electron chi connectivity index (χ2n) is 3.72. The van der Waals surface area contributed by atoms with Crippen molar-refractivity contribution in [2.24, 2.45) is 10.9 Å². The number of oxime groups is 1. The highest BCUT2D eigenvalue weighted by Crippen LogP contribution is 2.08. The Labute approximate surface area is 105 Å². The lowest BCUT2D eigenvalue weighted by Gasteiger charge is -2.21. The van der Waals surface area contributed by atoms with Gasteiger partial charge in [0, 0.05) is 6.54 Å². The van der Waals surface area contributed by atoms with Crippen molar-refractivity contribution in [1.29, 1.82) is 0 Å². The summed E-state index contributed by atoms with van der Waals surface area (Å²) in [4.78, 5) is 13.6. The van der Waals surface area contributed by atoms with Crippen LogP contribution in [0.5, 0.6) is 0 Å². The van der Waals surface area contributed by atoms with Gasteiger partial charge in [0.25, 0.3) is 0 Å². The lowest BCUT2D eigenvalue weighted by molar-refractivity contribution is -0.129. The van der Waals surface area contributed by atoms with E-state index in [2.05, 4.69) is 5.16 Å². The van der Waals surface area contributed by atoms with Crippen molar-refractivity contribution >= 4 is 23.1 Å². The molecule has 0 saturated heterocycles. The molecule has 0 aliphatic rings. The zero-order chi connectivity index (χ0) is 12.7. The summed E-state index contributed by atoms with van der Waals surface area (Å²) in [6.45, 7) is 2.77. The molecule has 94 valence electrons.